The lowest BCUT2D eigenvalue weighted by Gasteiger charge is -2.33. The molecule has 0 aromatic heterocycles. The van der Waals surface area contributed by atoms with Gasteiger partial charge in [-0.2, -0.15) is 0 Å². The zero-order valence-electron chi connectivity index (χ0n) is 11.2. The molecule has 4 nitrogen and oxygen atoms in total. The minimum atomic E-state index is 0.166. The molecular formula is C13H27N3O. The smallest absolute Gasteiger partial charge is 0.224 e. The highest BCUT2D eigenvalue weighted by molar-refractivity contribution is 5.78. The first-order valence-electron chi connectivity index (χ1n) is 6.87. The maximum absolute atomic E-state index is 11.9. The second-order valence-corrected chi connectivity index (χ2v) is 5.19. The van der Waals surface area contributed by atoms with Gasteiger partial charge in [-0.1, -0.05) is 20.3 Å². The molecule has 2 atom stereocenters. The van der Waals surface area contributed by atoms with E-state index >= 15 is 0 Å². The van der Waals surface area contributed by atoms with Crippen LogP contribution in [0.5, 0.6) is 0 Å². The fourth-order valence-corrected chi connectivity index (χ4v) is 2.34. The number of likely N-dealkylation sites (tertiary alicyclic amines) is 1. The first kappa shape index (κ1) is 14.5. The molecule has 1 aliphatic rings. The zero-order valence-corrected chi connectivity index (χ0v) is 11.2. The van der Waals surface area contributed by atoms with E-state index in [1.165, 1.54) is 6.42 Å². The average molecular weight is 241 g/mol. The predicted molar refractivity (Wildman–Crippen MR) is 70.7 cm³/mol. The first-order chi connectivity index (χ1) is 8.17. The van der Waals surface area contributed by atoms with E-state index in [9.17, 15) is 4.79 Å². The van der Waals surface area contributed by atoms with Gasteiger partial charge in [-0.3, -0.25) is 4.79 Å². The van der Waals surface area contributed by atoms with E-state index in [0.717, 1.165) is 38.4 Å². The van der Waals surface area contributed by atoms with Gasteiger partial charge in [0.05, 0.1) is 5.92 Å². The summed E-state index contributed by atoms with van der Waals surface area (Å²) in [4.78, 5) is 14.3. The van der Waals surface area contributed by atoms with Gasteiger partial charge < -0.3 is 16.0 Å². The molecule has 0 spiro atoms. The molecular weight excluding hydrogens is 214 g/mol. The van der Waals surface area contributed by atoms with Crippen molar-refractivity contribution in [2.45, 2.75) is 33.1 Å². The van der Waals surface area contributed by atoms with Crippen molar-refractivity contribution in [1.82, 2.24) is 10.2 Å². The summed E-state index contributed by atoms with van der Waals surface area (Å²) in [7, 11) is 0. The van der Waals surface area contributed by atoms with Crippen molar-refractivity contribution in [2.75, 3.05) is 32.7 Å². The average Bonchev–Trinajstić information content (AvgIpc) is 2.36. The largest absolute Gasteiger partial charge is 0.355 e. The van der Waals surface area contributed by atoms with Crippen LogP contribution in [0.4, 0.5) is 0 Å². The van der Waals surface area contributed by atoms with Gasteiger partial charge >= 0.3 is 0 Å². The van der Waals surface area contributed by atoms with Gasteiger partial charge in [-0.15, -0.1) is 0 Å². The molecule has 0 aromatic carbocycles. The highest BCUT2D eigenvalue weighted by Crippen LogP contribution is 2.18. The number of carbonyl (C=O) groups excluding carboxylic acids is 1. The number of piperidine rings is 1. The summed E-state index contributed by atoms with van der Waals surface area (Å²) >= 11 is 0. The molecule has 1 saturated heterocycles. The number of hydrogen-bond acceptors (Lipinski definition) is 3. The molecule has 1 rings (SSSR count). The molecule has 1 fully saturated rings. The minimum Gasteiger partial charge on any atom is -0.355 e. The van der Waals surface area contributed by atoms with Crippen molar-refractivity contribution >= 4 is 5.91 Å². The molecule has 0 aromatic rings. The van der Waals surface area contributed by atoms with Crippen LogP contribution in [0.25, 0.3) is 0 Å². The van der Waals surface area contributed by atoms with Crippen LogP contribution < -0.4 is 11.1 Å². The summed E-state index contributed by atoms with van der Waals surface area (Å²) < 4.78 is 0. The molecule has 1 heterocycles. The van der Waals surface area contributed by atoms with Gasteiger partial charge in [0.1, 0.15) is 0 Å². The molecule has 3 N–H and O–H groups in total. The minimum absolute atomic E-state index is 0.166. The van der Waals surface area contributed by atoms with E-state index in [4.69, 9.17) is 5.73 Å². The molecule has 2 unspecified atom stereocenters. The molecule has 4 heteroatoms. The summed E-state index contributed by atoms with van der Waals surface area (Å²) in [6.07, 6.45) is 3.37. The lowest BCUT2D eigenvalue weighted by molar-refractivity contribution is -0.126. The first-order valence-corrected chi connectivity index (χ1v) is 6.87. The third kappa shape index (κ3) is 5.04. The van der Waals surface area contributed by atoms with Crippen LogP contribution in [0.1, 0.15) is 33.1 Å². The third-order valence-electron chi connectivity index (χ3n) is 3.59. The number of rotatable bonds is 6. The molecule has 0 radical (unpaired) electrons. The molecule has 17 heavy (non-hydrogen) atoms. The molecule has 0 saturated carbocycles. The Morgan fingerprint density at radius 1 is 1.59 bits per heavy atom. The Morgan fingerprint density at radius 2 is 2.35 bits per heavy atom. The molecule has 0 aliphatic carbocycles. The van der Waals surface area contributed by atoms with Crippen LogP contribution in [0.15, 0.2) is 0 Å². The highest BCUT2D eigenvalue weighted by Gasteiger charge is 2.25. The maximum atomic E-state index is 11.9. The number of amides is 1. The second kappa shape index (κ2) is 7.67. The summed E-state index contributed by atoms with van der Waals surface area (Å²) in [5.41, 5.74) is 5.39. The van der Waals surface area contributed by atoms with Gasteiger partial charge in [0.25, 0.3) is 0 Å². The van der Waals surface area contributed by atoms with Gasteiger partial charge in [0.15, 0.2) is 0 Å². The topological polar surface area (TPSA) is 58.4 Å². The SMILES string of the molecule is CCC(C)CN1CCCC(C(=O)NCCN)C1. The third-order valence-corrected chi connectivity index (χ3v) is 3.59. The number of carbonyl (C=O) groups is 1. The van der Waals surface area contributed by atoms with Gasteiger partial charge in [-0.05, 0) is 25.3 Å². The van der Waals surface area contributed by atoms with Crippen molar-refractivity contribution in [3.05, 3.63) is 0 Å². The Bertz CT molecular complexity index is 233. The van der Waals surface area contributed by atoms with Crippen LogP contribution in [0.3, 0.4) is 0 Å². The van der Waals surface area contributed by atoms with Crippen LogP contribution >= 0.6 is 0 Å². The van der Waals surface area contributed by atoms with Gasteiger partial charge in [0.2, 0.25) is 5.91 Å². The Morgan fingerprint density at radius 3 is 3.00 bits per heavy atom. The number of nitrogens with zero attached hydrogens (tertiary/aromatic N) is 1. The molecule has 100 valence electrons. The number of nitrogens with one attached hydrogen (secondary N) is 1. The Hall–Kier alpha value is -0.610. The monoisotopic (exact) mass is 241 g/mol. The van der Waals surface area contributed by atoms with E-state index in [0.29, 0.717) is 13.1 Å². The fraction of sp³-hybridized carbons (Fsp3) is 0.923. The van der Waals surface area contributed by atoms with E-state index in [1.807, 2.05) is 0 Å². The number of nitrogens with two attached hydrogens (primary N) is 1. The second-order valence-electron chi connectivity index (χ2n) is 5.19. The van der Waals surface area contributed by atoms with Crippen LogP contribution in [0.2, 0.25) is 0 Å². The summed E-state index contributed by atoms with van der Waals surface area (Å²) in [5, 5.41) is 2.90. The normalized spacial score (nSPS) is 23.4. The van der Waals surface area contributed by atoms with Gasteiger partial charge in [-0.25, -0.2) is 0 Å². The Labute approximate surface area is 105 Å². The van der Waals surface area contributed by atoms with Gasteiger partial charge in [0, 0.05) is 26.2 Å². The zero-order chi connectivity index (χ0) is 12.7. The van der Waals surface area contributed by atoms with Crippen LogP contribution in [-0.2, 0) is 4.79 Å². The molecule has 1 amide bonds. The molecule has 0 bridgehead atoms. The Balaban J connectivity index is 2.35. The van der Waals surface area contributed by atoms with Crippen molar-refractivity contribution < 1.29 is 4.79 Å². The van der Waals surface area contributed by atoms with Crippen molar-refractivity contribution in [3.8, 4) is 0 Å². The summed E-state index contributed by atoms with van der Waals surface area (Å²) in [6.45, 7) is 8.80. The van der Waals surface area contributed by atoms with E-state index in [2.05, 4.69) is 24.1 Å². The Kier molecular flexibility index (Phi) is 6.52. The van der Waals surface area contributed by atoms with Crippen LogP contribution in [0, 0.1) is 11.8 Å². The quantitative estimate of drug-likeness (QED) is 0.724. The molecule has 1 aliphatic heterocycles. The summed E-state index contributed by atoms with van der Waals surface area (Å²) in [6, 6.07) is 0. The van der Waals surface area contributed by atoms with Crippen molar-refractivity contribution in [1.29, 1.82) is 0 Å². The summed E-state index contributed by atoms with van der Waals surface area (Å²) in [5.74, 6) is 1.07. The number of hydrogen-bond donors (Lipinski definition) is 2. The van der Waals surface area contributed by atoms with Crippen molar-refractivity contribution in [2.24, 2.45) is 17.6 Å². The van der Waals surface area contributed by atoms with E-state index in [-0.39, 0.29) is 11.8 Å². The van der Waals surface area contributed by atoms with Crippen LogP contribution in [-0.4, -0.2) is 43.5 Å². The van der Waals surface area contributed by atoms with E-state index in [1.54, 1.807) is 0 Å². The van der Waals surface area contributed by atoms with E-state index < -0.39 is 0 Å². The fourth-order valence-electron chi connectivity index (χ4n) is 2.34. The lowest BCUT2D eigenvalue weighted by atomic mass is 9.96. The highest BCUT2D eigenvalue weighted by atomic mass is 16.1. The standard InChI is InChI=1S/C13H27N3O/c1-3-11(2)9-16-8-4-5-12(10-16)13(17)15-7-6-14/h11-12H,3-10,14H2,1-2H3,(H,15,17). The van der Waals surface area contributed by atoms with Crippen molar-refractivity contribution in [3.63, 3.8) is 0 Å². The lowest BCUT2D eigenvalue weighted by Crippen LogP contribution is -2.45. The maximum Gasteiger partial charge on any atom is 0.224 e. The predicted octanol–water partition coefficient (Wildman–Crippen LogP) is 0.819.